The Bertz CT molecular complexity index is 400. The van der Waals surface area contributed by atoms with E-state index in [9.17, 15) is 0 Å². The molecule has 3 nitrogen and oxygen atoms in total. The molecule has 0 amide bonds. The molecule has 84 valence electrons. The van der Waals surface area contributed by atoms with Gasteiger partial charge in [0.15, 0.2) is 0 Å². The van der Waals surface area contributed by atoms with Gasteiger partial charge in [0.25, 0.3) is 0 Å². The van der Waals surface area contributed by atoms with Crippen LogP contribution in [0.5, 0.6) is 0 Å². The first kappa shape index (κ1) is 10.9. The molecule has 1 aromatic rings. The molecule has 0 bridgehead atoms. The van der Waals surface area contributed by atoms with E-state index in [4.69, 9.17) is 5.26 Å². The molecule has 0 atom stereocenters. The summed E-state index contributed by atoms with van der Waals surface area (Å²) in [6.07, 6.45) is 5.36. The number of pyridine rings is 1. The van der Waals surface area contributed by atoms with Crippen LogP contribution in [0.3, 0.4) is 0 Å². The van der Waals surface area contributed by atoms with Crippen LogP contribution >= 0.6 is 0 Å². The van der Waals surface area contributed by atoms with Crippen LogP contribution in [-0.2, 0) is 0 Å². The number of anilines is 1. The highest BCUT2D eigenvalue weighted by molar-refractivity contribution is 5.44. The Morgan fingerprint density at radius 1 is 1.44 bits per heavy atom. The normalized spacial score (nSPS) is 16.0. The van der Waals surface area contributed by atoms with Crippen molar-refractivity contribution in [1.82, 2.24) is 4.98 Å². The number of rotatable bonds is 3. The molecule has 2 rings (SSSR count). The van der Waals surface area contributed by atoms with E-state index in [2.05, 4.69) is 16.4 Å². The molecular weight excluding hydrogens is 198 g/mol. The van der Waals surface area contributed by atoms with Crippen molar-refractivity contribution < 1.29 is 0 Å². The SMILES string of the molecule is Cc1cc(C#N)cc(NCC2CCCC2)n1. The molecule has 1 saturated carbocycles. The molecule has 1 aromatic heterocycles. The van der Waals surface area contributed by atoms with E-state index in [-0.39, 0.29) is 0 Å². The minimum atomic E-state index is 0.682. The van der Waals surface area contributed by atoms with E-state index in [0.717, 1.165) is 24.0 Å². The predicted octanol–water partition coefficient (Wildman–Crippen LogP) is 2.86. The van der Waals surface area contributed by atoms with Crippen LogP contribution in [0.4, 0.5) is 5.82 Å². The maximum Gasteiger partial charge on any atom is 0.127 e. The van der Waals surface area contributed by atoms with Gasteiger partial charge >= 0.3 is 0 Å². The van der Waals surface area contributed by atoms with E-state index in [0.29, 0.717) is 5.56 Å². The van der Waals surface area contributed by atoms with E-state index in [1.807, 2.05) is 13.0 Å². The lowest BCUT2D eigenvalue weighted by atomic mass is 10.1. The van der Waals surface area contributed by atoms with Crippen LogP contribution in [0.2, 0.25) is 0 Å². The molecule has 16 heavy (non-hydrogen) atoms. The van der Waals surface area contributed by atoms with E-state index in [1.165, 1.54) is 25.7 Å². The fraction of sp³-hybridized carbons (Fsp3) is 0.538. The quantitative estimate of drug-likeness (QED) is 0.843. The Balaban J connectivity index is 1.98. The molecule has 0 saturated heterocycles. The summed E-state index contributed by atoms with van der Waals surface area (Å²) in [7, 11) is 0. The molecule has 0 radical (unpaired) electrons. The van der Waals surface area contributed by atoms with Gasteiger partial charge in [0.1, 0.15) is 5.82 Å². The second-order valence-corrected chi connectivity index (χ2v) is 4.53. The summed E-state index contributed by atoms with van der Waals surface area (Å²) in [6.45, 7) is 2.91. The van der Waals surface area contributed by atoms with Gasteiger partial charge < -0.3 is 5.32 Å². The summed E-state index contributed by atoms with van der Waals surface area (Å²) in [6, 6.07) is 5.78. The zero-order valence-electron chi connectivity index (χ0n) is 9.66. The number of hydrogen-bond acceptors (Lipinski definition) is 3. The molecule has 1 heterocycles. The van der Waals surface area contributed by atoms with Gasteiger partial charge in [-0.2, -0.15) is 5.26 Å². The summed E-state index contributed by atoms with van der Waals surface area (Å²) in [5.74, 6) is 1.62. The fourth-order valence-corrected chi connectivity index (χ4v) is 2.29. The zero-order chi connectivity index (χ0) is 11.4. The van der Waals surface area contributed by atoms with Crippen LogP contribution < -0.4 is 5.32 Å². The highest BCUT2D eigenvalue weighted by atomic mass is 15.0. The Kier molecular flexibility index (Phi) is 3.40. The van der Waals surface area contributed by atoms with Crippen molar-refractivity contribution in [2.24, 2.45) is 5.92 Å². The third kappa shape index (κ3) is 2.73. The Morgan fingerprint density at radius 2 is 2.19 bits per heavy atom. The summed E-state index contributed by atoms with van der Waals surface area (Å²) in [5.41, 5.74) is 1.58. The van der Waals surface area contributed by atoms with Crippen LogP contribution in [-0.4, -0.2) is 11.5 Å². The molecular formula is C13H17N3. The minimum Gasteiger partial charge on any atom is -0.370 e. The van der Waals surface area contributed by atoms with Crippen molar-refractivity contribution in [2.75, 3.05) is 11.9 Å². The maximum absolute atomic E-state index is 8.86. The van der Waals surface area contributed by atoms with Crippen molar-refractivity contribution in [1.29, 1.82) is 5.26 Å². The van der Waals surface area contributed by atoms with Gasteiger partial charge in [-0.15, -0.1) is 0 Å². The van der Waals surface area contributed by atoms with E-state index < -0.39 is 0 Å². The average Bonchev–Trinajstić information content (AvgIpc) is 2.78. The van der Waals surface area contributed by atoms with Crippen molar-refractivity contribution in [3.63, 3.8) is 0 Å². The molecule has 1 N–H and O–H groups in total. The summed E-state index contributed by atoms with van der Waals surface area (Å²) in [4.78, 5) is 4.38. The number of nitriles is 1. The van der Waals surface area contributed by atoms with E-state index in [1.54, 1.807) is 6.07 Å². The first-order chi connectivity index (χ1) is 7.78. The lowest BCUT2D eigenvalue weighted by Crippen LogP contribution is -2.12. The van der Waals surface area contributed by atoms with Gasteiger partial charge in [-0.1, -0.05) is 12.8 Å². The first-order valence-electron chi connectivity index (χ1n) is 5.90. The van der Waals surface area contributed by atoms with Gasteiger partial charge in [-0.3, -0.25) is 0 Å². The van der Waals surface area contributed by atoms with Gasteiger partial charge in [0.2, 0.25) is 0 Å². The molecule has 0 aromatic carbocycles. The number of nitrogens with one attached hydrogen (secondary N) is 1. The van der Waals surface area contributed by atoms with Crippen molar-refractivity contribution in [3.05, 3.63) is 23.4 Å². The van der Waals surface area contributed by atoms with Crippen LogP contribution in [0.1, 0.15) is 36.9 Å². The van der Waals surface area contributed by atoms with E-state index >= 15 is 0 Å². The largest absolute Gasteiger partial charge is 0.370 e. The molecule has 1 aliphatic carbocycles. The summed E-state index contributed by atoms with van der Waals surface area (Å²) in [5, 5.41) is 12.2. The zero-order valence-corrected chi connectivity index (χ0v) is 9.66. The number of hydrogen-bond donors (Lipinski definition) is 1. The Labute approximate surface area is 96.5 Å². The second-order valence-electron chi connectivity index (χ2n) is 4.53. The lowest BCUT2D eigenvalue weighted by Gasteiger charge is -2.11. The van der Waals surface area contributed by atoms with Crippen LogP contribution in [0.15, 0.2) is 12.1 Å². The Morgan fingerprint density at radius 3 is 2.88 bits per heavy atom. The molecule has 1 fully saturated rings. The van der Waals surface area contributed by atoms with Gasteiger partial charge in [0.05, 0.1) is 11.6 Å². The third-order valence-corrected chi connectivity index (χ3v) is 3.13. The van der Waals surface area contributed by atoms with Crippen molar-refractivity contribution in [3.8, 4) is 6.07 Å². The van der Waals surface area contributed by atoms with Crippen LogP contribution in [0, 0.1) is 24.2 Å². The Hall–Kier alpha value is -1.56. The molecule has 1 aliphatic rings. The standard InChI is InChI=1S/C13H17N3/c1-10-6-12(8-14)7-13(16-10)15-9-11-4-2-3-5-11/h6-7,11H,2-5,9H2,1H3,(H,15,16). The molecule has 0 unspecified atom stereocenters. The summed E-state index contributed by atoms with van der Waals surface area (Å²) >= 11 is 0. The lowest BCUT2D eigenvalue weighted by molar-refractivity contribution is 0.579. The van der Waals surface area contributed by atoms with Gasteiger partial charge in [0, 0.05) is 12.2 Å². The third-order valence-electron chi connectivity index (χ3n) is 3.13. The van der Waals surface area contributed by atoms with Gasteiger partial charge in [-0.25, -0.2) is 4.98 Å². The monoisotopic (exact) mass is 215 g/mol. The number of aryl methyl sites for hydroxylation is 1. The highest BCUT2D eigenvalue weighted by Gasteiger charge is 2.14. The topological polar surface area (TPSA) is 48.7 Å². The smallest absolute Gasteiger partial charge is 0.127 e. The fourth-order valence-electron chi connectivity index (χ4n) is 2.29. The van der Waals surface area contributed by atoms with Crippen LogP contribution in [0.25, 0.3) is 0 Å². The minimum absolute atomic E-state index is 0.682. The summed E-state index contributed by atoms with van der Waals surface area (Å²) < 4.78 is 0. The molecule has 0 spiro atoms. The number of aromatic nitrogens is 1. The van der Waals surface area contributed by atoms with Crippen molar-refractivity contribution in [2.45, 2.75) is 32.6 Å². The van der Waals surface area contributed by atoms with Crippen molar-refractivity contribution >= 4 is 5.82 Å². The average molecular weight is 215 g/mol. The predicted molar refractivity (Wildman–Crippen MR) is 64.1 cm³/mol. The maximum atomic E-state index is 8.86. The second kappa shape index (κ2) is 4.98. The van der Waals surface area contributed by atoms with Gasteiger partial charge in [-0.05, 0) is 37.8 Å². The number of nitrogens with zero attached hydrogens (tertiary/aromatic N) is 2. The molecule has 0 aliphatic heterocycles. The molecule has 3 heteroatoms. The first-order valence-corrected chi connectivity index (χ1v) is 5.90. The highest BCUT2D eigenvalue weighted by Crippen LogP contribution is 2.24.